The maximum Gasteiger partial charge on any atom is 0.0405 e. The first kappa shape index (κ1) is 18.8. The summed E-state index contributed by atoms with van der Waals surface area (Å²) < 4.78 is 0. The quantitative estimate of drug-likeness (QED) is 0.691. The van der Waals surface area contributed by atoms with E-state index in [9.17, 15) is 0 Å². The van der Waals surface area contributed by atoms with Crippen LogP contribution >= 0.6 is 11.6 Å². The third kappa shape index (κ3) is 8.26. The molecule has 1 aromatic rings. The fourth-order valence-corrected chi connectivity index (χ4v) is 2.48. The molecule has 0 heterocycles. The van der Waals surface area contributed by atoms with E-state index in [0.29, 0.717) is 6.04 Å². The molecule has 0 aliphatic heterocycles. The highest BCUT2D eigenvalue weighted by molar-refractivity contribution is 6.30. The molecule has 0 aromatic heterocycles. The molecule has 1 unspecified atom stereocenters. The first-order chi connectivity index (χ1) is 10.7. The van der Waals surface area contributed by atoms with Crippen molar-refractivity contribution in [3.8, 4) is 0 Å². The Labute approximate surface area is 140 Å². The summed E-state index contributed by atoms with van der Waals surface area (Å²) in [6, 6.07) is 16.3. The van der Waals surface area contributed by atoms with Crippen LogP contribution in [0.5, 0.6) is 0 Å². The van der Waals surface area contributed by atoms with Gasteiger partial charge in [0.05, 0.1) is 0 Å². The fraction of sp³-hybridized carbons (Fsp3) is 0.474. The van der Waals surface area contributed by atoms with Crippen LogP contribution in [0.25, 0.3) is 0 Å². The van der Waals surface area contributed by atoms with Crippen LogP contribution in [0.4, 0.5) is 5.69 Å². The lowest BCUT2D eigenvalue weighted by Crippen LogP contribution is -2.25. The molecule has 0 spiro atoms. The zero-order chi connectivity index (χ0) is 16.2. The maximum absolute atomic E-state index is 6.04. The van der Waals surface area contributed by atoms with Crippen LogP contribution in [0.1, 0.15) is 33.6 Å². The van der Waals surface area contributed by atoms with Crippen LogP contribution in [0, 0.1) is 0 Å². The van der Waals surface area contributed by atoms with Gasteiger partial charge in [-0.25, -0.2) is 0 Å². The van der Waals surface area contributed by atoms with Crippen molar-refractivity contribution in [1.82, 2.24) is 4.90 Å². The lowest BCUT2D eigenvalue weighted by Gasteiger charge is -2.20. The van der Waals surface area contributed by atoms with Gasteiger partial charge in [-0.1, -0.05) is 49.7 Å². The topological polar surface area (TPSA) is 15.3 Å². The Morgan fingerprint density at radius 3 is 2.36 bits per heavy atom. The molecule has 22 heavy (non-hydrogen) atoms. The van der Waals surface area contributed by atoms with E-state index >= 15 is 0 Å². The van der Waals surface area contributed by atoms with Gasteiger partial charge in [0.15, 0.2) is 0 Å². The van der Waals surface area contributed by atoms with Crippen LogP contribution in [0.2, 0.25) is 5.02 Å². The SMILES string of the molecule is CCN(CC)CCCC(C)Nc1cccccc(Cl)ccc1. The molecular weight excluding hydrogens is 292 g/mol. The largest absolute Gasteiger partial charge is 0.383 e. The van der Waals surface area contributed by atoms with Gasteiger partial charge in [-0.15, -0.1) is 0 Å². The second-order valence-corrected chi connectivity index (χ2v) is 5.93. The Bertz CT molecular complexity index is 471. The van der Waals surface area contributed by atoms with E-state index < -0.39 is 0 Å². The molecule has 1 rings (SSSR count). The van der Waals surface area contributed by atoms with Crippen molar-refractivity contribution >= 4 is 17.3 Å². The van der Waals surface area contributed by atoms with E-state index in [1.165, 1.54) is 19.4 Å². The Morgan fingerprint density at radius 2 is 1.64 bits per heavy atom. The number of anilines is 1. The monoisotopic (exact) mass is 320 g/mol. The normalized spacial score (nSPS) is 11.9. The van der Waals surface area contributed by atoms with E-state index in [1.54, 1.807) is 0 Å². The molecule has 0 fully saturated rings. The smallest absolute Gasteiger partial charge is 0.0405 e. The zero-order valence-electron chi connectivity index (χ0n) is 14.1. The van der Waals surface area contributed by atoms with Crippen molar-refractivity contribution in [2.45, 2.75) is 39.7 Å². The zero-order valence-corrected chi connectivity index (χ0v) is 14.8. The summed E-state index contributed by atoms with van der Waals surface area (Å²) in [4.78, 5) is 2.47. The van der Waals surface area contributed by atoms with Crippen molar-refractivity contribution in [3.63, 3.8) is 0 Å². The summed E-state index contributed by atoms with van der Waals surface area (Å²) in [6.07, 6.45) is 2.39. The van der Waals surface area contributed by atoms with Crippen LogP contribution in [0.3, 0.4) is 0 Å². The highest BCUT2D eigenvalue weighted by Gasteiger charge is 2.03. The summed E-state index contributed by atoms with van der Waals surface area (Å²) in [5.74, 6) is 0. The third-order valence-electron chi connectivity index (χ3n) is 3.70. The van der Waals surface area contributed by atoms with Crippen LogP contribution in [-0.2, 0) is 0 Å². The van der Waals surface area contributed by atoms with Gasteiger partial charge >= 0.3 is 0 Å². The Morgan fingerprint density at radius 1 is 1.00 bits per heavy atom. The molecule has 1 atom stereocenters. The molecule has 1 aromatic carbocycles. The summed E-state index contributed by atoms with van der Waals surface area (Å²) in [5, 5.41) is 4.30. The minimum atomic E-state index is 0.456. The molecule has 0 bridgehead atoms. The maximum atomic E-state index is 6.04. The molecule has 122 valence electrons. The average Bonchev–Trinajstić information content (AvgIpc) is 2.51. The van der Waals surface area contributed by atoms with Crippen LogP contribution in [0.15, 0.2) is 48.5 Å². The van der Waals surface area contributed by atoms with Gasteiger partial charge in [0.25, 0.3) is 0 Å². The molecular formula is C19H29ClN2. The standard InChI is InChI=1S/C19H29ClN2/c1-4-22(5-2)16-10-11-17(3)21-19-14-8-6-7-12-18(20)13-9-15-19/h6-9,12-15,17,21H,4-5,10-11,16H2,1-3H3. The second-order valence-electron chi connectivity index (χ2n) is 5.49. The molecule has 0 amide bonds. The van der Waals surface area contributed by atoms with Gasteiger partial charge in [-0.2, -0.15) is 0 Å². The number of hydrogen-bond donors (Lipinski definition) is 1. The Balaban J connectivity index is 2.56. The molecule has 2 nitrogen and oxygen atoms in total. The summed E-state index contributed by atoms with van der Waals surface area (Å²) in [7, 11) is 0. The lowest BCUT2D eigenvalue weighted by molar-refractivity contribution is 0.295. The van der Waals surface area contributed by atoms with Crippen molar-refractivity contribution in [2.24, 2.45) is 0 Å². The number of rotatable bonds is 8. The van der Waals surface area contributed by atoms with Gasteiger partial charge < -0.3 is 10.2 Å². The summed E-state index contributed by atoms with van der Waals surface area (Å²) >= 11 is 6.04. The summed E-state index contributed by atoms with van der Waals surface area (Å²) in [5.41, 5.74) is 1.11. The molecule has 0 saturated carbocycles. The predicted octanol–water partition coefficient (Wildman–Crippen LogP) is 5.39. The summed E-state index contributed by atoms with van der Waals surface area (Å²) in [6.45, 7) is 10.1. The van der Waals surface area contributed by atoms with E-state index in [-0.39, 0.29) is 0 Å². The minimum absolute atomic E-state index is 0.456. The highest BCUT2D eigenvalue weighted by Crippen LogP contribution is 2.10. The van der Waals surface area contributed by atoms with Gasteiger partial charge in [0, 0.05) is 16.8 Å². The van der Waals surface area contributed by atoms with Gasteiger partial charge in [-0.05, 0) is 63.7 Å². The number of nitrogens with zero attached hydrogens (tertiary/aromatic N) is 1. The molecule has 1 N–H and O–H groups in total. The van der Waals surface area contributed by atoms with Crippen molar-refractivity contribution in [3.05, 3.63) is 53.6 Å². The van der Waals surface area contributed by atoms with Crippen LogP contribution < -0.4 is 5.32 Å². The van der Waals surface area contributed by atoms with Crippen LogP contribution in [-0.4, -0.2) is 30.6 Å². The molecule has 0 aliphatic carbocycles. The molecule has 3 heteroatoms. The Kier molecular flexibility index (Phi) is 9.69. The van der Waals surface area contributed by atoms with Gasteiger partial charge in [0.1, 0.15) is 0 Å². The molecule has 0 saturated heterocycles. The van der Waals surface area contributed by atoms with E-state index in [1.807, 2.05) is 36.4 Å². The van der Waals surface area contributed by atoms with Crippen molar-refractivity contribution < 1.29 is 0 Å². The molecule has 0 aliphatic rings. The highest BCUT2D eigenvalue weighted by atomic mass is 35.5. The Hall–Kier alpha value is -1.25. The van der Waals surface area contributed by atoms with Gasteiger partial charge in [0.2, 0.25) is 0 Å². The first-order valence-electron chi connectivity index (χ1n) is 8.23. The predicted molar refractivity (Wildman–Crippen MR) is 99.2 cm³/mol. The second kappa shape index (κ2) is 11.3. The number of halogens is 1. The van der Waals surface area contributed by atoms with E-state index in [0.717, 1.165) is 23.8 Å². The van der Waals surface area contributed by atoms with E-state index in [4.69, 9.17) is 11.6 Å². The first-order valence-corrected chi connectivity index (χ1v) is 8.61. The van der Waals surface area contributed by atoms with Gasteiger partial charge in [-0.3, -0.25) is 0 Å². The average molecular weight is 321 g/mol. The number of hydrogen-bond acceptors (Lipinski definition) is 2. The number of nitrogens with one attached hydrogen (secondary N) is 1. The third-order valence-corrected chi connectivity index (χ3v) is 3.96. The molecule has 0 radical (unpaired) electrons. The van der Waals surface area contributed by atoms with Crippen molar-refractivity contribution in [2.75, 3.05) is 25.0 Å². The fourth-order valence-electron chi connectivity index (χ4n) is 2.34. The lowest BCUT2D eigenvalue weighted by atomic mass is 10.1. The van der Waals surface area contributed by atoms with Crippen molar-refractivity contribution in [1.29, 1.82) is 0 Å². The minimum Gasteiger partial charge on any atom is -0.383 e. The van der Waals surface area contributed by atoms with E-state index in [2.05, 4.69) is 43.1 Å².